The summed E-state index contributed by atoms with van der Waals surface area (Å²) in [5.41, 5.74) is 3.67. The summed E-state index contributed by atoms with van der Waals surface area (Å²) in [7, 11) is 2.90. The van der Waals surface area contributed by atoms with Crippen molar-refractivity contribution < 1.29 is 9.53 Å². The van der Waals surface area contributed by atoms with Crippen molar-refractivity contribution >= 4 is 23.3 Å². The topological polar surface area (TPSA) is 113 Å². The van der Waals surface area contributed by atoms with Crippen LogP contribution in [0.4, 0.5) is 0 Å². The maximum Gasteiger partial charge on any atom is 0.332 e. The highest BCUT2D eigenvalue weighted by atomic mass is 16.5. The van der Waals surface area contributed by atoms with Crippen LogP contribution >= 0.6 is 0 Å². The fraction of sp³-hybridized carbons (Fsp3) is 0.174. The second kappa shape index (κ2) is 9.35. The largest absolute Gasteiger partial charge is 0.489 e. The lowest BCUT2D eigenvalue weighted by atomic mass is 10.2. The van der Waals surface area contributed by atoms with Crippen molar-refractivity contribution in [2.45, 2.75) is 13.2 Å². The molecule has 10 heteroatoms. The van der Waals surface area contributed by atoms with Crippen molar-refractivity contribution in [3.63, 3.8) is 0 Å². The molecular formula is C23H22N6O4. The second-order valence-corrected chi connectivity index (χ2v) is 7.39. The van der Waals surface area contributed by atoms with Crippen molar-refractivity contribution in [1.82, 2.24) is 24.1 Å². The van der Waals surface area contributed by atoms with E-state index in [-0.39, 0.29) is 17.7 Å². The minimum absolute atomic E-state index is 0.171. The zero-order valence-corrected chi connectivity index (χ0v) is 18.1. The van der Waals surface area contributed by atoms with Gasteiger partial charge in [-0.25, -0.2) is 15.2 Å². The number of amides is 1. The molecule has 2 heterocycles. The number of nitrogens with one attached hydrogen (secondary N) is 1. The van der Waals surface area contributed by atoms with E-state index in [4.69, 9.17) is 4.74 Å². The van der Waals surface area contributed by atoms with Crippen molar-refractivity contribution in [3.8, 4) is 5.75 Å². The number of benzene rings is 2. The van der Waals surface area contributed by atoms with E-state index in [9.17, 15) is 14.4 Å². The van der Waals surface area contributed by atoms with Crippen LogP contribution in [0.25, 0.3) is 11.2 Å². The van der Waals surface area contributed by atoms with E-state index in [1.54, 1.807) is 0 Å². The summed E-state index contributed by atoms with van der Waals surface area (Å²) in [5, 5.41) is 3.96. The summed E-state index contributed by atoms with van der Waals surface area (Å²) < 4.78 is 9.37. The molecule has 33 heavy (non-hydrogen) atoms. The molecule has 1 amide bonds. The van der Waals surface area contributed by atoms with Gasteiger partial charge in [0, 0.05) is 14.1 Å². The summed E-state index contributed by atoms with van der Waals surface area (Å²) in [6, 6.07) is 17.2. The number of ether oxygens (including phenoxy) is 1. The molecule has 0 aliphatic rings. The van der Waals surface area contributed by atoms with Crippen molar-refractivity contribution in [1.29, 1.82) is 0 Å². The monoisotopic (exact) mass is 446 g/mol. The molecule has 0 saturated heterocycles. The quantitative estimate of drug-likeness (QED) is 0.338. The summed E-state index contributed by atoms with van der Waals surface area (Å²) in [6.07, 6.45) is 2.86. The lowest BCUT2D eigenvalue weighted by Gasteiger charge is -2.06. The molecule has 4 aromatic rings. The minimum atomic E-state index is -0.517. The van der Waals surface area contributed by atoms with Gasteiger partial charge in [0.1, 0.15) is 18.9 Å². The molecule has 0 radical (unpaired) electrons. The Labute approximate surface area is 188 Å². The molecule has 2 aromatic carbocycles. The van der Waals surface area contributed by atoms with Crippen LogP contribution in [0.1, 0.15) is 11.1 Å². The first-order valence-corrected chi connectivity index (χ1v) is 10.1. The van der Waals surface area contributed by atoms with E-state index in [1.165, 1.54) is 35.8 Å². The van der Waals surface area contributed by atoms with Crippen LogP contribution in [0.3, 0.4) is 0 Å². The Hall–Kier alpha value is -4.47. The van der Waals surface area contributed by atoms with Crippen LogP contribution in [0.15, 0.2) is 75.6 Å². The Morgan fingerprint density at radius 2 is 1.79 bits per heavy atom. The number of hydrogen-bond acceptors (Lipinski definition) is 6. The number of rotatable bonds is 7. The van der Waals surface area contributed by atoms with Gasteiger partial charge in [-0.3, -0.25) is 18.7 Å². The average Bonchev–Trinajstić information content (AvgIpc) is 3.25. The molecule has 0 unspecified atom stereocenters. The van der Waals surface area contributed by atoms with E-state index in [0.29, 0.717) is 6.61 Å². The summed E-state index contributed by atoms with van der Waals surface area (Å²) in [4.78, 5) is 40.8. The molecule has 10 nitrogen and oxygen atoms in total. The van der Waals surface area contributed by atoms with Gasteiger partial charge >= 0.3 is 5.69 Å². The summed E-state index contributed by atoms with van der Waals surface area (Å²) >= 11 is 0. The molecule has 2 aromatic heterocycles. The van der Waals surface area contributed by atoms with Crippen LogP contribution in [-0.2, 0) is 32.0 Å². The highest BCUT2D eigenvalue weighted by molar-refractivity contribution is 5.83. The lowest BCUT2D eigenvalue weighted by Crippen LogP contribution is -2.38. The first-order valence-electron chi connectivity index (χ1n) is 10.1. The highest BCUT2D eigenvalue weighted by Gasteiger charge is 2.15. The molecule has 4 rings (SSSR count). The third-order valence-electron chi connectivity index (χ3n) is 5.06. The predicted octanol–water partition coefficient (Wildman–Crippen LogP) is 1.16. The first kappa shape index (κ1) is 21.8. The fourth-order valence-corrected chi connectivity index (χ4v) is 3.28. The molecule has 0 saturated carbocycles. The molecule has 0 spiro atoms. The van der Waals surface area contributed by atoms with Gasteiger partial charge in [-0.15, -0.1) is 0 Å². The summed E-state index contributed by atoms with van der Waals surface area (Å²) in [5.74, 6) is 0.285. The zero-order chi connectivity index (χ0) is 23.4. The van der Waals surface area contributed by atoms with Gasteiger partial charge in [0.15, 0.2) is 11.2 Å². The molecule has 0 fully saturated rings. The van der Waals surface area contributed by atoms with Gasteiger partial charge in [0.05, 0.1) is 12.5 Å². The normalized spacial score (nSPS) is 11.2. The van der Waals surface area contributed by atoms with Gasteiger partial charge in [0.2, 0.25) is 0 Å². The number of imidazole rings is 1. The Balaban J connectivity index is 1.36. The Morgan fingerprint density at radius 3 is 2.52 bits per heavy atom. The molecule has 0 bridgehead atoms. The maximum absolute atomic E-state index is 12.4. The van der Waals surface area contributed by atoms with Crippen LogP contribution in [-0.4, -0.2) is 30.8 Å². The number of carbonyl (C=O) groups excluding carboxylic acids is 1. The predicted molar refractivity (Wildman–Crippen MR) is 123 cm³/mol. The smallest absolute Gasteiger partial charge is 0.332 e. The number of nitrogens with zero attached hydrogens (tertiary/aromatic N) is 5. The first-order chi connectivity index (χ1) is 15.9. The van der Waals surface area contributed by atoms with Crippen molar-refractivity contribution in [3.05, 3.63) is 92.9 Å². The SMILES string of the molecule is Cn1c(=O)c2c(ncn2CC(=O)N/N=C\c2ccc(OCc3ccccc3)cc2)n(C)c1=O. The zero-order valence-electron chi connectivity index (χ0n) is 18.1. The van der Waals surface area contributed by atoms with Gasteiger partial charge in [-0.05, 0) is 35.4 Å². The Morgan fingerprint density at radius 1 is 1.06 bits per heavy atom. The molecule has 1 N–H and O–H groups in total. The van der Waals surface area contributed by atoms with E-state index >= 15 is 0 Å². The maximum atomic E-state index is 12.4. The molecule has 168 valence electrons. The second-order valence-electron chi connectivity index (χ2n) is 7.39. The molecule has 0 aliphatic heterocycles. The van der Waals surface area contributed by atoms with Gasteiger partial charge in [-0.1, -0.05) is 30.3 Å². The standard InChI is InChI=1S/C23H22N6O4/c1-27-21-20(22(31)28(2)23(27)32)29(15-24-21)13-19(30)26-25-12-16-8-10-18(11-9-16)33-14-17-6-4-3-5-7-17/h3-12,15H,13-14H2,1-2H3,(H,26,30)/b25-12-. The van der Waals surface area contributed by atoms with Crippen molar-refractivity contribution in [2.75, 3.05) is 0 Å². The van der Waals surface area contributed by atoms with E-state index < -0.39 is 17.2 Å². The number of hydrazone groups is 1. The number of carbonyl (C=O) groups is 1. The third-order valence-corrected chi connectivity index (χ3v) is 5.06. The lowest BCUT2D eigenvalue weighted by molar-refractivity contribution is -0.121. The molecule has 0 atom stereocenters. The van der Waals surface area contributed by atoms with Crippen LogP contribution in [0.2, 0.25) is 0 Å². The van der Waals surface area contributed by atoms with Gasteiger partial charge < -0.3 is 9.30 Å². The van der Waals surface area contributed by atoms with Gasteiger partial charge in [0.25, 0.3) is 11.5 Å². The fourth-order valence-electron chi connectivity index (χ4n) is 3.28. The van der Waals surface area contributed by atoms with E-state index in [1.807, 2.05) is 54.6 Å². The van der Waals surface area contributed by atoms with Crippen LogP contribution < -0.4 is 21.4 Å². The van der Waals surface area contributed by atoms with Crippen LogP contribution in [0, 0.1) is 0 Å². The van der Waals surface area contributed by atoms with Crippen molar-refractivity contribution in [2.24, 2.45) is 19.2 Å². The molecular weight excluding hydrogens is 424 g/mol. The highest BCUT2D eigenvalue weighted by Crippen LogP contribution is 2.13. The Kier molecular flexibility index (Phi) is 6.16. The van der Waals surface area contributed by atoms with Gasteiger partial charge in [-0.2, -0.15) is 5.10 Å². The Bertz CT molecular complexity index is 1430. The minimum Gasteiger partial charge on any atom is -0.489 e. The van der Waals surface area contributed by atoms with Crippen LogP contribution in [0.5, 0.6) is 5.75 Å². The average molecular weight is 446 g/mol. The number of fused-ring (bicyclic) bond motifs is 1. The number of aryl methyl sites for hydroxylation is 1. The number of hydrogen-bond donors (Lipinski definition) is 1. The molecule has 0 aliphatic carbocycles. The van der Waals surface area contributed by atoms with E-state index in [2.05, 4.69) is 15.5 Å². The third kappa shape index (κ3) is 4.74. The van der Waals surface area contributed by atoms with E-state index in [0.717, 1.165) is 21.4 Å². The summed E-state index contributed by atoms with van der Waals surface area (Å²) in [6.45, 7) is 0.304. The number of aromatic nitrogens is 4.